The van der Waals surface area contributed by atoms with Crippen LogP contribution in [0.4, 0.5) is 0 Å². The summed E-state index contributed by atoms with van der Waals surface area (Å²) in [6.45, 7) is 0.910. The first kappa shape index (κ1) is 24.6. The van der Waals surface area contributed by atoms with Gasteiger partial charge in [-0.05, 0) is 60.2 Å². The molecule has 0 radical (unpaired) electrons. The molecule has 1 aliphatic rings. The molecule has 0 bridgehead atoms. The second-order valence-corrected chi connectivity index (χ2v) is 9.42. The monoisotopic (exact) mass is 530 g/mol. The maximum atomic E-state index is 13.4. The van der Waals surface area contributed by atoms with Crippen molar-refractivity contribution in [3.05, 3.63) is 111 Å². The van der Waals surface area contributed by atoms with Crippen molar-refractivity contribution in [2.24, 2.45) is 0 Å². The molecule has 9 heteroatoms. The summed E-state index contributed by atoms with van der Waals surface area (Å²) in [7, 11) is 0. The van der Waals surface area contributed by atoms with Gasteiger partial charge < -0.3 is 14.2 Å². The van der Waals surface area contributed by atoms with E-state index in [2.05, 4.69) is 11.1 Å². The van der Waals surface area contributed by atoms with Gasteiger partial charge in [0.2, 0.25) is 11.7 Å². The van der Waals surface area contributed by atoms with Gasteiger partial charge in [-0.3, -0.25) is 9.59 Å². The smallest absolute Gasteiger partial charge is 0.291 e. The van der Waals surface area contributed by atoms with Crippen molar-refractivity contribution in [3.8, 4) is 17.5 Å². The zero-order valence-corrected chi connectivity index (χ0v) is 21.0. The van der Waals surface area contributed by atoms with Crippen molar-refractivity contribution in [2.45, 2.75) is 6.04 Å². The number of carbonyl (C=O) groups is 2. The van der Waals surface area contributed by atoms with Crippen LogP contribution in [0.15, 0.2) is 83.4 Å². The van der Waals surface area contributed by atoms with Crippen LogP contribution in [0.5, 0.6) is 0 Å². The molecular formula is C28H20Cl2N4O3. The number of hydrogen-bond acceptors (Lipinski definition) is 5. The van der Waals surface area contributed by atoms with Gasteiger partial charge in [0.05, 0.1) is 23.9 Å². The third-order valence-electron chi connectivity index (χ3n) is 6.23. The lowest BCUT2D eigenvalue weighted by Crippen LogP contribution is -2.52. The molecule has 7 nitrogen and oxygen atoms in total. The fraction of sp³-hybridized carbons (Fsp3) is 0.143. The van der Waals surface area contributed by atoms with E-state index in [0.29, 0.717) is 39.8 Å². The van der Waals surface area contributed by atoms with Crippen molar-refractivity contribution >= 4 is 35.0 Å². The highest BCUT2D eigenvalue weighted by Gasteiger charge is 2.35. The van der Waals surface area contributed by atoms with Gasteiger partial charge in [-0.1, -0.05) is 41.4 Å². The van der Waals surface area contributed by atoms with Gasteiger partial charge in [-0.25, -0.2) is 4.98 Å². The Morgan fingerprint density at radius 2 is 1.65 bits per heavy atom. The Kier molecular flexibility index (Phi) is 6.95. The lowest BCUT2D eigenvalue weighted by molar-refractivity contribution is 0.0369. The fourth-order valence-corrected chi connectivity index (χ4v) is 4.58. The Hall–Kier alpha value is -4.12. The van der Waals surface area contributed by atoms with Gasteiger partial charge >= 0.3 is 0 Å². The summed E-state index contributed by atoms with van der Waals surface area (Å²) in [5.74, 6) is -0.133. The van der Waals surface area contributed by atoms with Crippen LogP contribution in [0.1, 0.15) is 38.1 Å². The van der Waals surface area contributed by atoms with Crippen molar-refractivity contribution in [1.82, 2.24) is 14.8 Å². The number of amides is 2. The number of piperazine rings is 1. The van der Waals surface area contributed by atoms with E-state index in [1.165, 1.54) is 6.20 Å². The Balaban J connectivity index is 1.40. The van der Waals surface area contributed by atoms with Gasteiger partial charge in [-0.2, -0.15) is 5.26 Å². The van der Waals surface area contributed by atoms with Crippen LogP contribution in [0.25, 0.3) is 11.5 Å². The molecule has 1 aromatic heterocycles. The Morgan fingerprint density at radius 3 is 2.35 bits per heavy atom. The van der Waals surface area contributed by atoms with E-state index in [1.54, 1.807) is 70.5 Å². The van der Waals surface area contributed by atoms with Crippen molar-refractivity contribution in [1.29, 1.82) is 5.26 Å². The molecule has 1 unspecified atom stereocenters. The SMILES string of the molecule is N#Cc1cccc(-c2ncc(C(=O)N3CCN(C(=O)c4ccc(Cl)cc4)C(c4ccc(Cl)cc4)C3)o2)c1. The van der Waals surface area contributed by atoms with E-state index in [9.17, 15) is 9.59 Å². The zero-order chi connectivity index (χ0) is 25.9. The molecule has 184 valence electrons. The lowest BCUT2D eigenvalue weighted by atomic mass is 10.0. The second kappa shape index (κ2) is 10.5. The van der Waals surface area contributed by atoms with E-state index in [-0.39, 0.29) is 30.0 Å². The first-order chi connectivity index (χ1) is 17.9. The summed E-state index contributed by atoms with van der Waals surface area (Å²) in [5, 5.41) is 10.3. The zero-order valence-electron chi connectivity index (χ0n) is 19.5. The molecule has 2 heterocycles. The van der Waals surface area contributed by atoms with Crippen LogP contribution in [0.2, 0.25) is 10.0 Å². The number of hydrogen-bond donors (Lipinski definition) is 0. The van der Waals surface area contributed by atoms with E-state index >= 15 is 0 Å². The van der Waals surface area contributed by atoms with Gasteiger partial charge in [0.25, 0.3) is 11.8 Å². The van der Waals surface area contributed by atoms with Crippen molar-refractivity contribution < 1.29 is 14.0 Å². The van der Waals surface area contributed by atoms with Gasteiger partial charge in [0, 0.05) is 40.8 Å². The molecule has 5 rings (SSSR count). The van der Waals surface area contributed by atoms with Crippen molar-refractivity contribution in [3.63, 3.8) is 0 Å². The van der Waals surface area contributed by atoms with E-state index in [1.807, 2.05) is 12.1 Å². The highest BCUT2D eigenvalue weighted by Crippen LogP contribution is 2.30. The molecule has 1 aliphatic heterocycles. The normalized spacial score (nSPS) is 15.3. The molecule has 0 spiro atoms. The summed E-state index contributed by atoms with van der Waals surface area (Å²) < 4.78 is 5.77. The third-order valence-corrected chi connectivity index (χ3v) is 6.73. The van der Waals surface area contributed by atoms with Crippen LogP contribution in [0, 0.1) is 11.3 Å². The maximum absolute atomic E-state index is 13.4. The highest BCUT2D eigenvalue weighted by atomic mass is 35.5. The topological polar surface area (TPSA) is 90.4 Å². The van der Waals surface area contributed by atoms with E-state index in [4.69, 9.17) is 32.9 Å². The Morgan fingerprint density at radius 1 is 0.946 bits per heavy atom. The molecule has 1 fully saturated rings. The molecule has 37 heavy (non-hydrogen) atoms. The first-order valence-electron chi connectivity index (χ1n) is 11.5. The fourth-order valence-electron chi connectivity index (χ4n) is 4.32. The maximum Gasteiger partial charge on any atom is 0.291 e. The van der Waals surface area contributed by atoms with Crippen molar-refractivity contribution in [2.75, 3.05) is 19.6 Å². The molecule has 1 atom stereocenters. The first-order valence-corrected chi connectivity index (χ1v) is 12.3. The van der Waals surface area contributed by atoms with Crippen LogP contribution in [0.3, 0.4) is 0 Å². The van der Waals surface area contributed by atoms with Crippen LogP contribution in [-0.2, 0) is 0 Å². The lowest BCUT2D eigenvalue weighted by Gasteiger charge is -2.41. The highest BCUT2D eigenvalue weighted by molar-refractivity contribution is 6.30. The summed E-state index contributed by atoms with van der Waals surface area (Å²) in [4.78, 5) is 34.5. The van der Waals surface area contributed by atoms with Crippen LogP contribution >= 0.6 is 23.2 Å². The Bertz CT molecular complexity index is 1490. The number of rotatable bonds is 4. The van der Waals surface area contributed by atoms with Gasteiger partial charge in [0.1, 0.15) is 0 Å². The molecule has 2 amide bonds. The van der Waals surface area contributed by atoms with Crippen LogP contribution in [-0.4, -0.2) is 46.2 Å². The van der Waals surface area contributed by atoms with E-state index in [0.717, 1.165) is 5.56 Å². The van der Waals surface area contributed by atoms with E-state index < -0.39 is 6.04 Å². The molecule has 4 aromatic rings. The minimum Gasteiger partial charge on any atom is -0.431 e. The second-order valence-electron chi connectivity index (χ2n) is 8.55. The number of carbonyl (C=O) groups excluding carboxylic acids is 2. The van der Waals surface area contributed by atoms with Gasteiger partial charge in [-0.15, -0.1) is 0 Å². The minimum atomic E-state index is -0.396. The molecule has 3 aromatic carbocycles. The summed E-state index contributed by atoms with van der Waals surface area (Å²) in [6.07, 6.45) is 1.39. The predicted octanol–water partition coefficient (Wildman–Crippen LogP) is 5.86. The summed E-state index contributed by atoms with van der Waals surface area (Å²) >= 11 is 12.1. The number of nitrogens with zero attached hydrogens (tertiary/aromatic N) is 4. The summed E-state index contributed by atoms with van der Waals surface area (Å²) in [5.41, 5.74) is 2.45. The largest absolute Gasteiger partial charge is 0.431 e. The van der Waals surface area contributed by atoms with Crippen LogP contribution < -0.4 is 0 Å². The standard InChI is InChI=1S/C28H20Cl2N4O3/c29-22-8-4-19(5-9-22)24-17-33(12-13-34(24)27(35)20-6-10-23(30)11-7-20)28(36)25-16-32-26(37-25)21-3-1-2-18(14-21)15-31/h1-11,14,16,24H,12-13,17H2. The molecular weight excluding hydrogens is 511 g/mol. The predicted molar refractivity (Wildman–Crippen MR) is 139 cm³/mol. The Labute approximate surface area is 223 Å². The average Bonchev–Trinajstić information content (AvgIpc) is 3.43. The quantitative estimate of drug-likeness (QED) is 0.329. The number of aromatic nitrogens is 1. The minimum absolute atomic E-state index is 0.0877. The molecule has 0 aliphatic carbocycles. The molecule has 0 N–H and O–H groups in total. The number of halogens is 2. The number of oxazole rings is 1. The number of nitriles is 1. The summed E-state index contributed by atoms with van der Waals surface area (Å²) in [6, 6.07) is 22.5. The molecule has 0 saturated carbocycles. The van der Waals surface area contributed by atoms with Gasteiger partial charge in [0.15, 0.2) is 0 Å². The third kappa shape index (κ3) is 5.21. The number of benzene rings is 3. The molecule has 1 saturated heterocycles. The average molecular weight is 531 g/mol.